The predicted octanol–water partition coefficient (Wildman–Crippen LogP) is -0.849. The van der Waals surface area contributed by atoms with E-state index in [-0.39, 0.29) is 44.8 Å². The second kappa shape index (κ2) is 7.42. The van der Waals surface area contributed by atoms with Gasteiger partial charge in [0, 0.05) is 44.8 Å². The maximum atomic E-state index is 9.10. The van der Waals surface area contributed by atoms with Crippen molar-refractivity contribution < 1.29 is 64.6 Å². The molecule has 0 spiro atoms. The molecule has 0 unspecified atom stereocenters. The van der Waals surface area contributed by atoms with Crippen LogP contribution in [0.2, 0.25) is 0 Å². The van der Waals surface area contributed by atoms with Crippen molar-refractivity contribution in [3.05, 3.63) is 0 Å². The van der Waals surface area contributed by atoms with E-state index < -0.39 is 11.9 Å². The maximum absolute atomic E-state index is 9.10. The standard InChI is InChI=1S/C2H2O4.2Au/c3-1(4)2(5)6;;/h(H,3,4)(H,5,6);;. The van der Waals surface area contributed by atoms with E-state index in [1.54, 1.807) is 0 Å². The average molecular weight is 484 g/mol. The molecule has 8 heavy (non-hydrogen) atoms. The molecule has 0 saturated heterocycles. The molecule has 0 aromatic rings. The monoisotopic (exact) mass is 484 g/mol. The van der Waals surface area contributed by atoms with E-state index in [1.165, 1.54) is 0 Å². The van der Waals surface area contributed by atoms with Crippen LogP contribution in [0.1, 0.15) is 0 Å². The summed E-state index contributed by atoms with van der Waals surface area (Å²) in [6.45, 7) is 0. The fourth-order valence-corrected chi connectivity index (χ4v) is 0. The summed E-state index contributed by atoms with van der Waals surface area (Å²) in [6.07, 6.45) is 0. The largest absolute Gasteiger partial charge is 0.473 e. The topological polar surface area (TPSA) is 74.6 Å². The van der Waals surface area contributed by atoms with E-state index in [0.29, 0.717) is 0 Å². The van der Waals surface area contributed by atoms with Gasteiger partial charge in [-0.15, -0.1) is 0 Å². The Bertz CT molecular complexity index is 78.0. The Morgan fingerprint density at radius 1 is 0.875 bits per heavy atom. The van der Waals surface area contributed by atoms with Crippen LogP contribution in [-0.2, 0) is 54.3 Å². The minimum absolute atomic E-state index is 0. The minimum atomic E-state index is -1.82. The van der Waals surface area contributed by atoms with Crippen molar-refractivity contribution >= 4 is 11.9 Å². The molecule has 0 heterocycles. The molecule has 0 aliphatic carbocycles. The molecule has 0 atom stereocenters. The van der Waals surface area contributed by atoms with Gasteiger partial charge < -0.3 is 10.2 Å². The van der Waals surface area contributed by atoms with Crippen molar-refractivity contribution in [1.82, 2.24) is 0 Å². The summed E-state index contributed by atoms with van der Waals surface area (Å²) in [6, 6.07) is 0. The van der Waals surface area contributed by atoms with E-state index in [9.17, 15) is 0 Å². The van der Waals surface area contributed by atoms with E-state index in [2.05, 4.69) is 0 Å². The molecule has 0 saturated carbocycles. The second-order valence-corrected chi connectivity index (χ2v) is 0.610. The summed E-state index contributed by atoms with van der Waals surface area (Å²) in [4.78, 5) is 18.2. The summed E-state index contributed by atoms with van der Waals surface area (Å²) < 4.78 is 0. The van der Waals surface area contributed by atoms with Gasteiger partial charge in [-0.05, 0) is 0 Å². The molecule has 0 bridgehead atoms. The first-order valence-corrected chi connectivity index (χ1v) is 1.11. The van der Waals surface area contributed by atoms with Gasteiger partial charge in [-0.3, -0.25) is 0 Å². The smallest absolute Gasteiger partial charge is 0.414 e. The van der Waals surface area contributed by atoms with Crippen LogP contribution in [0.4, 0.5) is 0 Å². The Balaban J connectivity index is -0.000000125. The summed E-state index contributed by atoms with van der Waals surface area (Å²) >= 11 is 0. The Morgan fingerprint density at radius 3 is 1.00 bits per heavy atom. The van der Waals surface area contributed by atoms with E-state index in [0.717, 1.165) is 0 Å². The number of hydrogen-bond donors (Lipinski definition) is 2. The fourth-order valence-electron chi connectivity index (χ4n) is 0. The molecule has 0 aliphatic heterocycles. The SMILES string of the molecule is O=C(O)C(=O)O.[Au].[Au]. The molecule has 2 radical (unpaired) electrons. The maximum Gasteiger partial charge on any atom is 0.414 e. The number of carboxylic acids is 2. The van der Waals surface area contributed by atoms with Crippen molar-refractivity contribution in [2.45, 2.75) is 0 Å². The number of carboxylic acid groups (broad SMARTS) is 2. The van der Waals surface area contributed by atoms with Gasteiger partial charge in [0.2, 0.25) is 0 Å². The van der Waals surface area contributed by atoms with Crippen LogP contribution in [0.3, 0.4) is 0 Å². The van der Waals surface area contributed by atoms with Crippen LogP contribution < -0.4 is 0 Å². The third-order valence-electron chi connectivity index (χ3n) is 0.183. The molecule has 4 nitrogen and oxygen atoms in total. The molecule has 6 heteroatoms. The average Bonchev–Trinajstić information content (AvgIpc) is 1.36. The van der Waals surface area contributed by atoms with E-state index in [1.807, 2.05) is 0 Å². The van der Waals surface area contributed by atoms with Crippen molar-refractivity contribution in [1.29, 1.82) is 0 Å². The molecular weight excluding hydrogens is 482 g/mol. The van der Waals surface area contributed by atoms with Gasteiger partial charge in [0.05, 0.1) is 0 Å². The van der Waals surface area contributed by atoms with E-state index in [4.69, 9.17) is 19.8 Å². The Kier molecular flexibility index (Phi) is 14.6. The molecule has 0 rings (SSSR count). The number of carbonyl (C=O) groups is 2. The van der Waals surface area contributed by atoms with Crippen LogP contribution in [0.25, 0.3) is 0 Å². The summed E-state index contributed by atoms with van der Waals surface area (Å²) in [7, 11) is 0. The van der Waals surface area contributed by atoms with Crippen molar-refractivity contribution in [3.8, 4) is 0 Å². The second-order valence-electron chi connectivity index (χ2n) is 0.610. The molecule has 2 N–H and O–H groups in total. The summed E-state index contributed by atoms with van der Waals surface area (Å²) in [5, 5.41) is 14.8. The van der Waals surface area contributed by atoms with Gasteiger partial charge in [0.25, 0.3) is 0 Å². The normalized spacial score (nSPS) is 5.50. The van der Waals surface area contributed by atoms with Gasteiger partial charge in [0.15, 0.2) is 0 Å². The molecule has 56 valence electrons. The van der Waals surface area contributed by atoms with Crippen LogP contribution in [0.5, 0.6) is 0 Å². The van der Waals surface area contributed by atoms with Gasteiger partial charge in [-0.1, -0.05) is 0 Å². The Labute approximate surface area is 76.3 Å². The van der Waals surface area contributed by atoms with Gasteiger partial charge in [0.1, 0.15) is 0 Å². The van der Waals surface area contributed by atoms with Crippen molar-refractivity contribution in [2.24, 2.45) is 0 Å². The molecule has 0 aromatic heterocycles. The molecule has 0 aliphatic rings. The number of hydrogen-bond acceptors (Lipinski definition) is 2. The Hall–Kier alpha value is 0.421. The van der Waals surface area contributed by atoms with Gasteiger partial charge >= 0.3 is 11.9 Å². The van der Waals surface area contributed by atoms with Crippen molar-refractivity contribution in [3.63, 3.8) is 0 Å². The first-order chi connectivity index (χ1) is 2.64. The third kappa shape index (κ3) is 9.65. The zero-order valence-electron chi connectivity index (χ0n) is 3.31. The minimum Gasteiger partial charge on any atom is -0.473 e. The van der Waals surface area contributed by atoms with Crippen LogP contribution in [0, 0.1) is 0 Å². The molecule has 0 amide bonds. The molecular formula is C2H2Au2O4. The third-order valence-corrected chi connectivity index (χ3v) is 0.183. The Morgan fingerprint density at radius 2 is 1.00 bits per heavy atom. The summed E-state index contributed by atoms with van der Waals surface area (Å²) in [5.74, 6) is -3.65. The summed E-state index contributed by atoms with van der Waals surface area (Å²) in [5.41, 5.74) is 0. The number of aliphatic carboxylic acids is 2. The first kappa shape index (κ1) is 15.8. The van der Waals surface area contributed by atoms with Gasteiger partial charge in [-0.2, -0.15) is 0 Å². The van der Waals surface area contributed by atoms with Crippen LogP contribution in [0.15, 0.2) is 0 Å². The van der Waals surface area contributed by atoms with E-state index >= 15 is 0 Å². The predicted molar refractivity (Wildman–Crippen MR) is 15.3 cm³/mol. The zero-order valence-corrected chi connectivity index (χ0v) is 7.65. The van der Waals surface area contributed by atoms with Gasteiger partial charge in [-0.25, -0.2) is 9.59 Å². The zero-order chi connectivity index (χ0) is 5.15. The van der Waals surface area contributed by atoms with Crippen LogP contribution in [-0.4, -0.2) is 22.2 Å². The fraction of sp³-hybridized carbons (Fsp3) is 0. The molecule has 0 aromatic carbocycles. The van der Waals surface area contributed by atoms with Crippen molar-refractivity contribution in [2.75, 3.05) is 0 Å². The molecule has 0 fully saturated rings. The van der Waals surface area contributed by atoms with Crippen LogP contribution >= 0.6 is 0 Å². The number of rotatable bonds is 0. The quantitative estimate of drug-likeness (QED) is 0.348. The first-order valence-electron chi connectivity index (χ1n) is 1.11.